The van der Waals surface area contributed by atoms with Gasteiger partial charge in [-0.3, -0.25) is 4.79 Å². The average molecular weight is 270 g/mol. The van der Waals surface area contributed by atoms with E-state index in [-0.39, 0.29) is 11.8 Å². The molecule has 0 saturated heterocycles. The maximum absolute atomic E-state index is 11.6. The van der Waals surface area contributed by atoms with E-state index in [1.54, 1.807) is 0 Å². The van der Waals surface area contributed by atoms with Gasteiger partial charge in [-0.25, -0.2) is 0 Å². The third-order valence-electron chi connectivity index (χ3n) is 2.44. The standard InChI is InChI=1S/C12H16BrNO/c1-3-9(2)12(15)14-11-6-4-10(8-13)5-7-11/h4-7,9H,3,8H2,1-2H3,(H,14,15). The van der Waals surface area contributed by atoms with Crippen LogP contribution >= 0.6 is 15.9 Å². The molecule has 82 valence electrons. The topological polar surface area (TPSA) is 29.1 Å². The van der Waals surface area contributed by atoms with E-state index >= 15 is 0 Å². The lowest BCUT2D eigenvalue weighted by Gasteiger charge is -2.09. The van der Waals surface area contributed by atoms with Gasteiger partial charge in [0.1, 0.15) is 0 Å². The zero-order valence-corrected chi connectivity index (χ0v) is 10.7. The van der Waals surface area contributed by atoms with Crippen LogP contribution in [0.1, 0.15) is 25.8 Å². The molecule has 0 aliphatic rings. The maximum Gasteiger partial charge on any atom is 0.227 e. The first-order chi connectivity index (χ1) is 7.17. The Balaban J connectivity index is 2.61. The van der Waals surface area contributed by atoms with E-state index < -0.39 is 0 Å². The quantitative estimate of drug-likeness (QED) is 0.833. The molecule has 0 fully saturated rings. The van der Waals surface area contributed by atoms with E-state index in [4.69, 9.17) is 0 Å². The number of amides is 1. The largest absolute Gasteiger partial charge is 0.326 e. The van der Waals surface area contributed by atoms with Crippen LogP contribution < -0.4 is 5.32 Å². The number of rotatable bonds is 4. The Hall–Kier alpha value is -0.830. The Morgan fingerprint density at radius 2 is 2.00 bits per heavy atom. The number of carbonyl (C=O) groups is 1. The van der Waals surface area contributed by atoms with Crippen molar-refractivity contribution in [2.45, 2.75) is 25.6 Å². The first-order valence-electron chi connectivity index (χ1n) is 5.13. The first kappa shape index (κ1) is 12.2. The van der Waals surface area contributed by atoms with Crippen LogP contribution in [0.4, 0.5) is 5.69 Å². The lowest BCUT2D eigenvalue weighted by Crippen LogP contribution is -2.19. The summed E-state index contributed by atoms with van der Waals surface area (Å²) in [4.78, 5) is 11.6. The molecular weight excluding hydrogens is 254 g/mol. The van der Waals surface area contributed by atoms with Gasteiger partial charge in [-0.1, -0.05) is 41.9 Å². The van der Waals surface area contributed by atoms with Gasteiger partial charge in [0.2, 0.25) is 5.91 Å². The van der Waals surface area contributed by atoms with Gasteiger partial charge in [-0.15, -0.1) is 0 Å². The van der Waals surface area contributed by atoms with Crippen LogP contribution in [-0.2, 0) is 10.1 Å². The second kappa shape index (κ2) is 5.91. The number of halogens is 1. The van der Waals surface area contributed by atoms with Crippen molar-refractivity contribution in [3.63, 3.8) is 0 Å². The molecule has 1 aromatic carbocycles. The second-order valence-corrected chi connectivity index (χ2v) is 4.19. The number of hydrogen-bond acceptors (Lipinski definition) is 1. The molecule has 1 unspecified atom stereocenters. The fourth-order valence-electron chi connectivity index (χ4n) is 1.13. The molecule has 1 N–H and O–H groups in total. The molecular formula is C12H16BrNO. The molecule has 3 heteroatoms. The van der Waals surface area contributed by atoms with Crippen molar-refractivity contribution in [1.29, 1.82) is 0 Å². The SMILES string of the molecule is CCC(C)C(=O)Nc1ccc(CBr)cc1. The van der Waals surface area contributed by atoms with Crippen LogP contribution in [0, 0.1) is 5.92 Å². The van der Waals surface area contributed by atoms with Crippen molar-refractivity contribution >= 4 is 27.5 Å². The molecule has 2 nitrogen and oxygen atoms in total. The van der Waals surface area contributed by atoms with Crippen LogP contribution in [0.5, 0.6) is 0 Å². The molecule has 0 aromatic heterocycles. The predicted molar refractivity (Wildman–Crippen MR) is 67.2 cm³/mol. The van der Waals surface area contributed by atoms with E-state index in [0.717, 1.165) is 17.4 Å². The monoisotopic (exact) mass is 269 g/mol. The fraction of sp³-hybridized carbons (Fsp3) is 0.417. The third-order valence-corrected chi connectivity index (χ3v) is 3.08. The Kier molecular flexibility index (Phi) is 4.82. The summed E-state index contributed by atoms with van der Waals surface area (Å²) in [7, 11) is 0. The summed E-state index contributed by atoms with van der Waals surface area (Å²) in [6, 6.07) is 7.86. The van der Waals surface area contributed by atoms with Crippen LogP contribution in [0.3, 0.4) is 0 Å². The van der Waals surface area contributed by atoms with E-state index in [1.807, 2.05) is 38.1 Å². The van der Waals surface area contributed by atoms with Crippen molar-refractivity contribution in [3.05, 3.63) is 29.8 Å². The summed E-state index contributed by atoms with van der Waals surface area (Å²) in [5.41, 5.74) is 2.07. The summed E-state index contributed by atoms with van der Waals surface area (Å²) in [6.45, 7) is 3.94. The van der Waals surface area contributed by atoms with Gasteiger partial charge in [-0.2, -0.15) is 0 Å². The molecule has 0 spiro atoms. The molecule has 1 atom stereocenters. The normalized spacial score (nSPS) is 12.2. The summed E-state index contributed by atoms with van der Waals surface area (Å²) in [5, 5.41) is 3.73. The summed E-state index contributed by atoms with van der Waals surface area (Å²) in [6.07, 6.45) is 0.866. The van der Waals surface area contributed by atoms with Crippen LogP contribution in [0.15, 0.2) is 24.3 Å². The molecule has 0 heterocycles. The fourth-order valence-corrected chi connectivity index (χ4v) is 1.50. The number of benzene rings is 1. The summed E-state index contributed by atoms with van der Waals surface area (Å²) < 4.78 is 0. The third kappa shape index (κ3) is 3.67. The minimum absolute atomic E-state index is 0.0702. The molecule has 0 saturated carbocycles. The van der Waals surface area contributed by atoms with Crippen molar-refractivity contribution in [3.8, 4) is 0 Å². The van der Waals surface area contributed by atoms with Crippen LogP contribution in [0.2, 0.25) is 0 Å². The van der Waals surface area contributed by atoms with Gasteiger partial charge in [-0.05, 0) is 24.1 Å². The highest BCUT2D eigenvalue weighted by Crippen LogP contribution is 2.13. The maximum atomic E-state index is 11.6. The number of nitrogens with one attached hydrogen (secondary N) is 1. The lowest BCUT2D eigenvalue weighted by atomic mass is 10.1. The smallest absolute Gasteiger partial charge is 0.227 e. The highest BCUT2D eigenvalue weighted by molar-refractivity contribution is 9.08. The second-order valence-electron chi connectivity index (χ2n) is 3.63. The predicted octanol–water partition coefficient (Wildman–Crippen LogP) is 3.57. The van der Waals surface area contributed by atoms with E-state index in [1.165, 1.54) is 5.56 Å². The molecule has 1 amide bonds. The van der Waals surface area contributed by atoms with E-state index in [0.29, 0.717) is 0 Å². The molecule has 0 radical (unpaired) electrons. The van der Waals surface area contributed by atoms with Crippen molar-refractivity contribution in [2.24, 2.45) is 5.92 Å². The molecule has 0 bridgehead atoms. The Morgan fingerprint density at radius 3 is 2.47 bits per heavy atom. The highest BCUT2D eigenvalue weighted by Gasteiger charge is 2.09. The number of hydrogen-bond donors (Lipinski definition) is 1. The molecule has 15 heavy (non-hydrogen) atoms. The molecule has 0 aliphatic heterocycles. The van der Waals surface area contributed by atoms with Gasteiger partial charge in [0, 0.05) is 16.9 Å². The Labute approximate surface area is 99.2 Å². The number of alkyl halides is 1. The van der Waals surface area contributed by atoms with E-state index in [9.17, 15) is 4.79 Å². The van der Waals surface area contributed by atoms with Gasteiger partial charge in [0.15, 0.2) is 0 Å². The molecule has 0 aliphatic carbocycles. The first-order valence-corrected chi connectivity index (χ1v) is 6.25. The van der Waals surface area contributed by atoms with Gasteiger partial charge in [0.25, 0.3) is 0 Å². The zero-order valence-electron chi connectivity index (χ0n) is 9.09. The molecule has 1 rings (SSSR count). The van der Waals surface area contributed by atoms with Gasteiger partial charge >= 0.3 is 0 Å². The highest BCUT2D eigenvalue weighted by atomic mass is 79.9. The van der Waals surface area contributed by atoms with Gasteiger partial charge < -0.3 is 5.32 Å². The minimum Gasteiger partial charge on any atom is -0.326 e. The average Bonchev–Trinajstić information content (AvgIpc) is 2.29. The van der Waals surface area contributed by atoms with Crippen LogP contribution in [-0.4, -0.2) is 5.91 Å². The summed E-state index contributed by atoms with van der Waals surface area (Å²) in [5.74, 6) is 0.157. The Morgan fingerprint density at radius 1 is 1.40 bits per heavy atom. The number of anilines is 1. The van der Waals surface area contributed by atoms with E-state index in [2.05, 4.69) is 21.2 Å². The Bertz CT molecular complexity index is 321. The van der Waals surface area contributed by atoms with Crippen molar-refractivity contribution in [1.82, 2.24) is 0 Å². The lowest BCUT2D eigenvalue weighted by molar-refractivity contribution is -0.119. The number of carbonyl (C=O) groups excluding carboxylic acids is 1. The van der Waals surface area contributed by atoms with Crippen molar-refractivity contribution in [2.75, 3.05) is 5.32 Å². The zero-order chi connectivity index (χ0) is 11.3. The van der Waals surface area contributed by atoms with Crippen LogP contribution in [0.25, 0.3) is 0 Å². The van der Waals surface area contributed by atoms with Crippen molar-refractivity contribution < 1.29 is 4.79 Å². The molecule has 1 aromatic rings. The van der Waals surface area contributed by atoms with Gasteiger partial charge in [0.05, 0.1) is 0 Å². The summed E-state index contributed by atoms with van der Waals surface area (Å²) >= 11 is 3.38. The minimum atomic E-state index is 0.0702.